The molecule has 148 valence electrons. The summed E-state index contributed by atoms with van der Waals surface area (Å²) in [5.41, 5.74) is 10.2. The zero-order chi connectivity index (χ0) is 20.0. The molecule has 6 nitrogen and oxygen atoms in total. The van der Waals surface area contributed by atoms with Crippen molar-refractivity contribution in [2.24, 2.45) is 16.5 Å². The van der Waals surface area contributed by atoms with Crippen molar-refractivity contribution in [3.8, 4) is 0 Å². The lowest BCUT2D eigenvalue weighted by atomic mass is 9.91. The van der Waals surface area contributed by atoms with Gasteiger partial charge in [-0.3, -0.25) is 14.6 Å². The first-order valence-corrected chi connectivity index (χ1v) is 9.34. The Balaban J connectivity index is 1.91. The number of hydrogen-bond acceptors (Lipinski definition) is 5. The highest BCUT2D eigenvalue weighted by Gasteiger charge is 2.35. The van der Waals surface area contributed by atoms with Crippen LogP contribution in [0.5, 0.6) is 0 Å². The van der Waals surface area contributed by atoms with Crippen LogP contribution < -0.4 is 16.8 Å². The van der Waals surface area contributed by atoms with Gasteiger partial charge in [0.15, 0.2) is 0 Å². The molecule has 0 unspecified atom stereocenters. The molecule has 5 N–H and O–H groups in total. The summed E-state index contributed by atoms with van der Waals surface area (Å²) in [7, 11) is 0. The van der Waals surface area contributed by atoms with Crippen molar-refractivity contribution < 1.29 is 22.8 Å². The van der Waals surface area contributed by atoms with Crippen LogP contribution in [0.3, 0.4) is 0 Å². The van der Waals surface area contributed by atoms with Gasteiger partial charge >= 0.3 is 6.18 Å². The predicted molar refractivity (Wildman–Crippen MR) is 98.7 cm³/mol. The molecule has 0 spiro atoms. The van der Waals surface area contributed by atoms with E-state index in [2.05, 4.69) is 10.3 Å². The van der Waals surface area contributed by atoms with E-state index in [1.807, 2.05) is 0 Å². The summed E-state index contributed by atoms with van der Waals surface area (Å²) in [4.78, 5) is 27.7. The van der Waals surface area contributed by atoms with Crippen LogP contribution in [-0.4, -0.2) is 30.2 Å². The third-order valence-corrected chi connectivity index (χ3v) is 5.03. The minimum atomic E-state index is -4.56. The highest BCUT2D eigenvalue weighted by atomic mass is 32.1. The number of alkyl halides is 3. The summed E-state index contributed by atoms with van der Waals surface area (Å²) < 4.78 is 38.5. The topological polar surface area (TPSA) is 111 Å². The van der Waals surface area contributed by atoms with E-state index < -0.39 is 17.8 Å². The van der Waals surface area contributed by atoms with E-state index in [4.69, 9.17) is 11.5 Å². The van der Waals surface area contributed by atoms with E-state index in [1.54, 1.807) is 11.4 Å². The second kappa shape index (κ2) is 9.03. The Labute approximate surface area is 158 Å². The molecule has 27 heavy (non-hydrogen) atoms. The monoisotopic (exact) mass is 402 g/mol. The molecule has 1 aliphatic rings. The number of rotatable bonds is 6. The molecular weight excluding hydrogens is 381 g/mol. The van der Waals surface area contributed by atoms with Crippen molar-refractivity contribution in [2.75, 3.05) is 11.9 Å². The molecular formula is C17H21F3N4O2S. The van der Waals surface area contributed by atoms with E-state index in [1.165, 1.54) is 0 Å². The molecule has 1 aromatic rings. The Kier molecular flexibility index (Phi) is 7.00. The highest BCUT2D eigenvalue weighted by Crippen LogP contribution is 2.31. The van der Waals surface area contributed by atoms with E-state index in [9.17, 15) is 22.8 Å². The van der Waals surface area contributed by atoms with Crippen LogP contribution >= 0.6 is 11.3 Å². The fourth-order valence-electron chi connectivity index (χ4n) is 2.79. The van der Waals surface area contributed by atoms with Gasteiger partial charge in [0, 0.05) is 24.3 Å². The normalized spacial score (nSPS) is 18.4. The third kappa shape index (κ3) is 5.81. The average molecular weight is 402 g/mol. The number of aliphatic imine (C=N–C) groups is 1. The second-order valence-electron chi connectivity index (χ2n) is 6.10. The van der Waals surface area contributed by atoms with Gasteiger partial charge < -0.3 is 16.8 Å². The number of carbonyl (C=O) groups is 2. The van der Waals surface area contributed by atoms with Gasteiger partial charge in [0.1, 0.15) is 10.6 Å². The summed E-state index contributed by atoms with van der Waals surface area (Å²) >= 11 is 1.13. The maximum Gasteiger partial charge on any atom is 0.431 e. The largest absolute Gasteiger partial charge is 0.431 e. The molecule has 10 heteroatoms. The van der Waals surface area contributed by atoms with Crippen molar-refractivity contribution in [1.82, 2.24) is 0 Å². The summed E-state index contributed by atoms with van der Waals surface area (Å²) in [6.45, 7) is 0.226. The summed E-state index contributed by atoms with van der Waals surface area (Å²) in [5, 5.41) is 4.24. The molecule has 1 fully saturated rings. The number of hydrogen-bond donors (Lipinski definition) is 3. The molecule has 0 aromatic carbocycles. The SMILES string of the molecule is NC(=O)c1sccc1NC(=O)CCCN=C1CCCCC1=C(N)C(F)(F)F. The molecule has 2 rings (SSSR count). The van der Waals surface area contributed by atoms with Gasteiger partial charge in [0.2, 0.25) is 5.91 Å². The Bertz CT molecular complexity index is 768. The number of carbonyl (C=O) groups excluding carboxylic acids is 2. The standard InChI is InChI=1S/C17H21F3N4O2S/c18-17(19,20)15(21)10-4-1-2-5-11(10)23-8-3-6-13(25)24-12-7-9-27-14(12)16(22)26/h7,9H,1-6,8,21H2,(H2,22,26)(H,24,25). The lowest BCUT2D eigenvalue weighted by Crippen LogP contribution is -2.26. The zero-order valence-corrected chi connectivity index (χ0v) is 15.4. The van der Waals surface area contributed by atoms with Crippen LogP contribution in [0.4, 0.5) is 18.9 Å². The Morgan fingerprint density at radius 2 is 1.93 bits per heavy atom. The molecule has 0 bridgehead atoms. The maximum atomic E-state index is 12.8. The van der Waals surface area contributed by atoms with E-state index in [0.717, 1.165) is 17.8 Å². The summed E-state index contributed by atoms with van der Waals surface area (Å²) in [5.74, 6) is -0.934. The number of thiophene rings is 1. The minimum absolute atomic E-state index is 0.0718. The number of primary amides is 1. The van der Waals surface area contributed by atoms with Crippen molar-refractivity contribution in [3.63, 3.8) is 0 Å². The molecule has 1 saturated carbocycles. The molecule has 0 saturated heterocycles. The molecule has 1 heterocycles. The van der Waals surface area contributed by atoms with Gasteiger partial charge in [-0.1, -0.05) is 0 Å². The number of nitrogens with two attached hydrogens (primary N) is 2. The molecule has 1 aromatic heterocycles. The van der Waals surface area contributed by atoms with Gasteiger partial charge in [-0.25, -0.2) is 0 Å². The molecule has 0 aliphatic heterocycles. The Morgan fingerprint density at radius 3 is 2.59 bits per heavy atom. The molecule has 0 atom stereocenters. The van der Waals surface area contributed by atoms with Gasteiger partial charge in [0.25, 0.3) is 5.91 Å². The number of nitrogens with one attached hydrogen (secondary N) is 1. The first-order chi connectivity index (χ1) is 12.7. The van der Waals surface area contributed by atoms with Gasteiger partial charge in [-0.05, 0) is 43.6 Å². The highest BCUT2D eigenvalue weighted by molar-refractivity contribution is 7.12. The average Bonchev–Trinajstić information content (AvgIpc) is 3.06. The summed E-state index contributed by atoms with van der Waals surface area (Å²) in [6, 6.07) is 1.59. The van der Waals surface area contributed by atoms with Gasteiger partial charge in [-0.2, -0.15) is 13.2 Å². The van der Waals surface area contributed by atoms with E-state index in [-0.39, 0.29) is 35.7 Å². The fourth-order valence-corrected chi connectivity index (χ4v) is 3.49. The number of nitrogens with zero attached hydrogens (tertiary/aromatic N) is 1. The van der Waals surface area contributed by atoms with Crippen LogP contribution in [0.25, 0.3) is 0 Å². The minimum Gasteiger partial charge on any atom is -0.394 e. The van der Waals surface area contributed by atoms with E-state index >= 15 is 0 Å². The lowest BCUT2D eigenvalue weighted by molar-refractivity contribution is -0.116. The van der Waals surface area contributed by atoms with Crippen LogP contribution in [0.2, 0.25) is 0 Å². The Hall–Kier alpha value is -2.36. The van der Waals surface area contributed by atoms with Gasteiger partial charge in [0.05, 0.1) is 5.69 Å². The predicted octanol–water partition coefficient (Wildman–Crippen LogP) is 3.36. The maximum absolute atomic E-state index is 12.8. The van der Waals surface area contributed by atoms with Crippen LogP contribution in [0.1, 0.15) is 48.2 Å². The van der Waals surface area contributed by atoms with Crippen LogP contribution in [0, 0.1) is 0 Å². The number of allylic oxidation sites excluding steroid dienone is 2. The van der Waals surface area contributed by atoms with Crippen molar-refractivity contribution in [1.29, 1.82) is 0 Å². The van der Waals surface area contributed by atoms with Crippen LogP contribution in [-0.2, 0) is 4.79 Å². The van der Waals surface area contributed by atoms with Gasteiger partial charge in [-0.15, -0.1) is 11.3 Å². The number of anilines is 1. The van der Waals surface area contributed by atoms with E-state index in [0.29, 0.717) is 30.7 Å². The summed E-state index contributed by atoms with van der Waals surface area (Å²) in [6.07, 6.45) is -1.94. The molecule has 0 radical (unpaired) electrons. The smallest absolute Gasteiger partial charge is 0.394 e. The quantitative estimate of drug-likeness (QED) is 0.635. The van der Waals surface area contributed by atoms with Crippen molar-refractivity contribution in [2.45, 2.75) is 44.7 Å². The number of amides is 2. The zero-order valence-electron chi connectivity index (χ0n) is 14.6. The van der Waals surface area contributed by atoms with Crippen molar-refractivity contribution in [3.05, 3.63) is 27.6 Å². The Morgan fingerprint density at radius 1 is 1.22 bits per heavy atom. The lowest BCUT2D eigenvalue weighted by Gasteiger charge is -2.20. The first kappa shape index (κ1) is 20.9. The molecule has 1 aliphatic carbocycles. The second-order valence-corrected chi connectivity index (χ2v) is 7.02. The number of halogens is 3. The van der Waals surface area contributed by atoms with Crippen LogP contribution in [0.15, 0.2) is 27.7 Å². The first-order valence-electron chi connectivity index (χ1n) is 8.46. The van der Waals surface area contributed by atoms with Crippen molar-refractivity contribution >= 4 is 34.6 Å². The third-order valence-electron chi connectivity index (χ3n) is 4.10. The molecule has 2 amide bonds. The fraction of sp³-hybridized carbons (Fsp3) is 0.471.